The molecule has 1 saturated heterocycles. The number of aliphatic hydroxyl groups excluding tert-OH is 1. The van der Waals surface area contributed by atoms with Crippen LogP contribution >= 0.6 is 22.6 Å². The average molecular weight is 283 g/mol. The first-order valence-corrected chi connectivity index (χ1v) is 5.12. The smallest absolute Gasteiger partial charge is 0.0598 e. The van der Waals surface area contributed by atoms with E-state index in [1.165, 1.54) is 5.57 Å². The molecule has 0 aromatic heterocycles. The van der Waals surface area contributed by atoms with Crippen molar-refractivity contribution in [1.82, 2.24) is 10.7 Å². The van der Waals surface area contributed by atoms with Crippen LogP contribution in [0.5, 0.6) is 0 Å². The highest BCUT2D eigenvalue weighted by atomic mass is 127. The molecule has 0 bridgehead atoms. The molecule has 1 aliphatic heterocycles. The number of nitrogens with one attached hydrogen (secondary N) is 2. The van der Waals surface area contributed by atoms with E-state index in [0.717, 1.165) is 0 Å². The zero-order valence-electron chi connectivity index (χ0n) is 6.92. The standard InChI is InChI=1S/C7H14IN3O/c1-4-5(2-10-9)7(8)6(3-12)11-4/h2,4,6-7,10-12H,3,9H2,1H3/b5-2-/t4-,6?,7?/m1/s1. The summed E-state index contributed by atoms with van der Waals surface area (Å²) in [6.07, 6.45) is 1.80. The van der Waals surface area contributed by atoms with Crippen molar-refractivity contribution in [3.8, 4) is 0 Å². The molecule has 0 radical (unpaired) electrons. The van der Waals surface area contributed by atoms with Crippen molar-refractivity contribution in [2.24, 2.45) is 5.84 Å². The van der Waals surface area contributed by atoms with Gasteiger partial charge in [0.2, 0.25) is 0 Å². The molecule has 1 fully saturated rings. The number of hydrogen-bond donors (Lipinski definition) is 4. The van der Waals surface area contributed by atoms with Gasteiger partial charge in [-0.2, -0.15) is 0 Å². The topological polar surface area (TPSA) is 70.3 Å². The summed E-state index contributed by atoms with van der Waals surface area (Å²) in [5, 5.41) is 12.3. The number of hydrogen-bond acceptors (Lipinski definition) is 4. The molecule has 0 aromatic carbocycles. The summed E-state index contributed by atoms with van der Waals surface area (Å²) < 4.78 is 0.318. The zero-order valence-corrected chi connectivity index (χ0v) is 9.08. The molecule has 5 N–H and O–H groups in total. The lowest BCUT2D eigenvalue weighted by Crippen LogP contribution is -2.33. The molecule has 0 aromatic rings. The lowest BCUT2D eigenvalue weighted by atomic mass is 10.1. The second-order valence-electron chi connectivity index (χ2n) is 2.89. The maximum Gasteiger partial charge on any atom is 0.0598 e. The normalized spacial score (nSPS) is 39.0. The maximum absolute atomic E-state index is 8.99. The van der Waals surface area contributed by atoms with Crippen molar-refractivity contribution in [2.45, 2.75) is 22.9 Å². The van der Waals surface area contributed by atoms with Crippen LogP contribution < -0.4 is 16.6 Å². The Morgan fingerprint density at radius 1 is 1.83 bits per heavy atom. The van der Waals surface area contributed by atoms with Crippen LogP contribution in [-0.2, 0) is 0 Å². The van der Waals surface area contributed by atoms with E-state index in [1.807, 2.05) is 0 Å². The molecule has 0 amide bonds. The average Bonchev–Trinajstić information content (AvgIpc) is 2.32. The first-order valence-electron chi connectivity index (χ1n) is 3.87. The fraction of sp³-hybridized carbons (Fsp3) is 0.714. The number of aliphatic hydroxyl groups is 1. The van der Waals surface area contributed by atoms with Gasteiger partial charge in [-0.15, -0.1) is 0 Å². The van der Waals surface area contributed by atoms with Crippen molar-refractivity contribution in [3.05, 3.63) is 11.8 Å². The lowest BCUT2D eigenvalue weighted by molar-refractivity contribution is 0.256. The van der Waals surface area contributed by atoms with Crippen molar-refractivity contribution in [3.63, 3.8) is 0 Å². The molecule has 4 nitrogen and oxygen atoms in total. The third kappa shape index (κ3) is 1.90. The van der Waals surface area contributed by atoms with Crippen LogP contribution in [0.3, 0.4) is 0 Å². The number of rotatable bonds is 2. The first kappa shape index (κ1) is 10.2. The third-order valence-electron chi connectivity index (χ3n) is 2.08. The number of halogens is 1. The van der Waals surface area contributed by atoms with Crippen molar-refractivity contribution in [1.29, 1.82) is 0 Å². The summed E-state index contributed by atoms with van der Waals surface area (Å²) in [6, 6.07) is 0.445. The van der Waals surface area contributed by atoms with Crippen LogP contribution in [0.4, 0.5) is 0 Å². The second-order valence-corrected chi connectivity index (χ2v) is 4.23. The maximum atomic E-state index is 8.99. The van der Waals surface area contributed by atoms with Gasteiger partial charge in [0, 0.05) is 18.3 Å². The van der Waals surface area contributed by atoms with E-state index in [1.54, 1.807) is 6.20 Å². The first-order chi connectivity index (χ1) is 5.70. The summed E-state index contributed by atoms with van der Waals surface area (Å²) >= 11 is 2.31. The van der Waals surface area contributed by atoms with Crippen LogP contribution in [0.15, 0.2) is 11.8 Å². The van der Waals surface area contributed by atoms with Gasteiger partial charge in [0.25, 0.3) is 0 Å². The molecule has 1 rings (SSSR count). The fourth-order valence-corrected chi connectivity index (χ4v) is 2.57. The zero-order chi connectivity index (χ0) is 9.14. The summed E-state index contributed by atoms with van der Waals surface area (Å²) in [5.41, 5.74) is 3.73. The minimum absolute atomic E-state index is 0.153. The van der Waals surface area contributed by atoms with E-state index in [9.17, 15) is 0 Å². The molecule has 1 aliphatic rings. The van der Waals surface area contributed by atoms with Gasteiger partial charge < -0.3 is 15.8 Å². The molecular weight excluding hydrogens is 269 g/mol. The molecule has 0 spiro atoms. The Hall–Kier alpha value is 0.150. The summed E-state index contributed by atoms with van der Waals surface area (Å²) in [7, 11) is 0. The Balaban J connectivity index is 2.70. The summed E-state index contributed by atoms with van der Waals surface area (Å²) in [4.78, 5) is 0. The van der Waals surface area contributed by atoms with Crippen LogP contribution in [0.25, 0.3) is 0 Å². The van der Waals surface area contributed by atoms with Gasteiger partial charge in [-0.1, -0.05) is 22.6 Å². The molecule has 1 heterocycles. The van der Waals surface area contributed by atoms with Gasteiger partial charge in [0.05, 0.1) is 10.5 Å². The Kier molecular flexibility index (Phi) is 3.76. The van der Waals surface area contributed by atoms with E-state index in [0.29, 0.717) is 9.97 Å². The Labute approximate surface area is 85.7 Å². The Bertz CT molecular complexity index is 185. The second kappa shape index (κ2) is 4.40. The number of nitrogens with two attached hydrogens (primary N) is 1. The summed E-state index contributed by atoms with van der Waals surface area (Å²) in [6.45, 7) is 2.23. The molecular formula is C7H14IN3O. The fourth-order valence-electron chi connectivity index (χ4n) is 1.42. The van der Waals surface area contributed by atoms with E-state index in [4.69, 9.17) is 10.9 Å². The highest BCUT2D eigenvalue weighted by Crippen LogP contribution is 2.26. The minimum Gasteiger partial charge on any atom is -0.395 e. The third-order valence-corrected chi connectivity index (χ3v) is 3.67. The van der Waals surface area contributed by atoms with Crippen molar-refractivity contribution in [2.75, 3.05) is 6.61 Å². The van der Waals surface area contributed by atoms with Crippen LogP contribution in [-0.4, -0.2) is 27.7 Å². The van der Waals surface area contributed by atoms with Gasteiger partial charge >= 0.3 is 0 Å². The SMILES string of the molecule is C[C@H]1NC(CO)C(I)/C1=C\NN. The minimum atomic E-state index is 0.153. The predicted molar refractivity (Wildman–Crippen MR) is 56.7 cm³/mol. The number of alkyl halides is 1. The molecule has 3 atom stereocenters. The van der Waals surface area contributed by atoms with E-state index in [-0.39, 0.29) is 12.6 Å². The molecule has 70 valence electrons. The van der Waals surface area contributed by atoms with E-state index < -0.39 is 0 Å². The van der Waals surface area contributed by atoms with Gasteiger partial charge in [0.15, 0.2) is 0 Å². The van der Waals surface area contributed by atoms with Gasteiger partial charge in [0.1, 0.15) is 0 Å². The highest BCUT2D eigenvalue weighted by molar-refractivity contribution is 14.1. The largest absolute Gasteiger partial charge is 0.395 e. The Morgan fingerprint density at radius 3 is 2.92 bits per heavy atom. The van der Waals surface area contributed by atoms with Gasteiger partial charge in [-0.3, -0.25) is 5.84 Å². The van der Waals surface area contributed by atoms with Crippen molar-refractivity contribution < 1.29 is 5.11 Å². The molecule has 2 unspecified atom stereocenters. The van der Waals surface area contributed by atoms with Crippen LogP contribution in [0, 0.1) is 0 Å². The monoisotopic (exact) mass is 283 g/mol. The van der Waals surface area contributed by atoms with Gasteiger partial charge in [-0.05, 0) is 12.5 Å². The molecule has 0 aliphatic carbocycles. The van der Waals surface area contributed by atoms with Crippen LogP contribution in [0.1, 0.15) is 6.92 Å². The predicted octanol–water partition coefficient (Wildman–Crippen LogP) is -0.510. The van der Waals surface area contributed by atoms with E-state index in [2.05, 4.69) is 40.3 Å². The van der Waals surface area contributed by atoms with E-state index >= 15 is 0 Å². The van der Waals surface area contributed by atoms with Crippen LogP contribution in [0.2, 0.25) is 0 Å². The summed E-state index contributed by atoms with van der Waals surface area (Å²) in [5.74, 6) is 5.20. The van der Waals surface area contributed by atoms with Crippen molar-refractivity contribution >= 4 is 22.6 Å². The molecule has 12 heavy (non-hydrogen) atoms. The Morgan fingerprint density at radius 2 is 2.50 bits per heavy atom. The number of hydrazine groups is 1. The lowest BCUT2D eigenvalue weighted by Gasteiger charge is -2.09. The highest BCUT2D eigenvalue weighted by Gasteiger charge is 2.33. The molecule has 0 saturated carbocycles. The van der Waals surface area contributed by atoms with Gasteiger partial charge in [-0.25, -0.2) is 0 Å². The molecule has 5 heteroatoms. The quantitative estimate of drug-likeness (QED) is 0.238.